The predicted molar refractivity (Wildman–Crippen MR) is 59.8 cm³/mol. The first-order valence-corrected chi connectivity index (χ1v) is 5.18. The molecule has 0 saturated carbocycles. The van der Waals surface area contributed by atoms with Crippen LogP contribution in [-0.2, 0) is 11.3 Å². The molecule has 1 aromatic heterocycles. The van der Waals surface area contributed by atoms with E-state index in [0.29, 0.717) is 6.61 Å². The lowest BCUT2D eigenvalue weighted by atomic mass is 10.1. The molecule has 3 nitrogen and oxygen atoms in total. The summed E-state index contributed by atoms with van der Waals surface area (Å²) >= 11 is 3.48. The maximum atomic E-state index is 4.98. The minimum atomic E-state index is 0.549. The maximum absolute atomic E-state index is 4.98. The Morgan fingerprint density at radius 2 is 2.29 bits per heavy atom. The van der Waals surface area contributed by atoms with E-state index in [4.69, 9.17) is 5.90 Å². The molecule has 0 bridgehead atoms. The van der Waals surface area contributed by atoms with Crippen molar-refractivity contribution in [3.05, 3.63) is 34.4 Å². The van der Waals surface area contributed by atoms with E-state index in [2.05, 4.69) is 44.0 Å². The Balaban J connectivity index is 2.34. The van der Waals surface area contributed by atoms with Crippen LogP contribution in [0.5, 0.6) is 0 Å². The van der Waals surface area contributed by atoms with Gasteiger partial charge in [0.05, 0.1) is 6.61 Å². The highest BCUT2D eigenvalue weighted by molar-refractivity contribution is 9.10. The molecule has 1 aromatic carbocycles. The molecule has 0 fully saturated rings. The minimum absolute atomic E-state index is 0.549. The molecular formula is C10H11BrN2O. The summed E-state index contributed by atoms with van der Waals surface area (Å²) in [5, 5.41) is 1.19. The lowest BCUT2D eigenvalue weighted by molar-refractivity contribution is 0.141. The summed E-state index contributed by atoms with van der Waals surface area (Å²) in [6.07, 6.45) is 2.78. The number of hydrogen-bond donors (Lipinski definition) is 2. The number of fused-ring (bicyclic) bond motifs is 1. The average Bonchev–Trinajstić information content (AvgIpc) is 2.57. The topological polar surface area (TPSA) is 51.0 Å². The van der Waals surface area contributed by atoms with Gasteiger partial charge in [-0.15, -0.1) is 0 Å². The third kappa shape index (κ3) is 1.82. The monoisotopic (exact) mass is 254 g/mol. The molecule has 0 amide bonds. The first-order chi connectivity index (χ1) is 6.81. The number of aromatic nitrogens is 1. The number of nitrogens with two attached hydrogens (primary N) is 1. The van der Waals surface area contributed by atoms with Gasteiger partial charge in [0.2, 0.25) is 0 Å². The van der Waals surface area contributed by atoms with Crippen LogP contribution < -0.4 is 5.90 Å². The van der Waals surface area contributed by atoms with Crippen LogP contribution in [0.2, 0.25) is 0 Å². The summed E-state index contributed by atoms with van der Waals surface area (Å²) in [6.45, 7) is 0.549. The van der Waals surface area contributed by atoms with Crippen molar-refractivity contribution < 1.29 is 4.84 Å². The lowest BCUT2D eigenvalue weighted by Gasteiger charge is -2.00. The number of nitrogens with one attached hydrogen (secondary N) is 1. The highest BCUT2D eigenvalue weighted by atomic mass is 79.9. The van der Waals surface area contributed by atoms with E-state index in [1.165, 1.54) is 10.9 Å². The van der Waals surface area contributed by atoms with Crippen LogP contribution in [0.25, 0.3) is 10.9 Å². The first-order valence-electron chi connectivity index (χ1n) is 4.38. The second kappa shape index (κ2) is 4.13. The standard InChI is InChI=1S/C10H11BrN2O/c11-9-6-13-10-2-1-7(3-4-14-12)5-8(9)10/h1-2,5-6,13H,3-4,12H2. The quantitative estimate of drug-likeness (QED) is 0.827. The van der Waals surface area contributed by atoms with Gasteiger partial charge >= 0.3 is 0 Å². The van der Waals surface area contributed by atoms with Crippen molar-refractivity contribution in [2.24, 2.45) is 5.90 Å². The number of halogens is 1. The summed E-state index contributed by atoms with van der Waals surface area (Å²) < 4.78 is 1.09. The van der Waals surface area contributed by atoms with E-state index >= 15 is 0 Å². The average molecular weight is 255 g/mol. The summed E-state index contributed by atoms with van der Waals surface area (Å²) in [5.74, 6) is 4.98. The summed E-state index contributed by atoms with van der Waals surface area (Å²) in [7, 11) is 0. The second-order valence-corrected chi connectivity index (χ2v) is 3.99. The molecule has 2 aromatic rings. The molecule has 0 aliphatic heterocycles. The highest BCUT2D eigenvalue weighted by Crippen LogP contribution is 2.24. The zero-order chi connectivity index (χ0) is 9.97. The van der Waals surface area contributed by atoms with Gasteiger partial charge in [-0.3, -0.25) is 0 Å². The molecule has 14 heavy (non-hydrogen) atoms. The van der Waals surface area contributed by atoms with Gasteiger partial charge in [-0.2, -0.15) is 0 Å². The van der Waals surface area contributed by atoms with Gasteiger partial charge < -0.3 is 9.82 Å². The molecule has 0 radical (unpaired) electrons. The molecule has 0 spiro atoms. The summed E-state index contributed by atoms with van der Waals surface area (Å²) in [6, 6.07) is 6.27. The summed E-state index contributed by atoms with van der Waals surface area (Å²) in [4.78, 5) is 7.72. The normalized spacial score (nSPS) is 11.0. The Labute approximate surface area is 90.3 Å². The van der Waals surface area contributed by atoms with E-state index in [-0.39, 0.29) is 0 Å². The molecule has 2 rings (SSSR count). The molecule has 0 aliphatic rings. The Hall–Kier alpha value is -0.840. The van der Waals surface area contributed by atoms with Gasteiger partial charge in [0, 0.05) is 21.6 Å². The first kappa shape index (κ1) is 9.71. The third-order valence-corrected chi connectivity index (χ3v) is 2.86. The molecule has 74 valence electrons. The number of H-pyrrole nitrogens is 1. The maximum Gasteiger partial charge on any atom is 0.0719 e. The van der Waals surface area contributed by atoms with Crippen LogP contribution >= 0.6 is 15.9 Å². The van der Waals surface area contributed by atoms with E-state index in [9.17, 15) is 0 Å². The Morgan fingerprint density at radius 1 is 1.43 bits per heavy atom. The summed E-state index contributed by atoms with van der Waals surface area (Å²) in [5.41, 5.74) is 2.36. The van der Waals surface area contributed by atoms with Crippen LogP contribution in [0.1, 0.15) is 5.56 Å². The predicted octanol–water partition coefficient (Wildman–Crippen LogP) is 2.36. The van der Waals surface area contributed by atoms with Gasteiger partial charge in [-0.05, 0) is 40.0 Å². The molecule has 1 heterocycles. The van der Waals surface area contributed by atoms with E-state index in [0.717, 1.165) is 16.4 Å². The fourth-order valence-corrected chi connectivity index (χ4v) is 1.91. The molecule has 0 atom stereocenters. The fraction of sp³-hybridized carbons (Fsp3) is 0.200. The highest BCUT2D eigenvalue weighted by Gasteiger charge is 2.01. The SMILES string of the molecule is NOCCc1ccc2[nH]cc(Br)c2c1. The molecule has 0 saturated heterocycles. The van der Waals surface area contributed by atoms with Crippen molar-refractivity contribution in [2.45, 2.75) is 6.42 Å². The zero-order valence-electron chi connectivity index (χ0n) is 7.59. The van der Waals surface area contributed by atoms with Crippen LogP contribution in [0.15, 0.2) is 28.9 Å². The lowest BCUT2D eigenvalue weighted by Crippen LogP contribution is -2.03. The van der Waals surface area contributed by atoms with Gasteiger partial charge in [0.25, 0.3) is 0 Å². The van der Waals surface area contributed by atoms with Crippen molar-refractivity contribution in [3.8, 4) is 0 Å². The zero-order valence-corrected chi connectivity index (χ0v) is 9.17. The van der Waals surface area contributed by atoms with Crippen LogP contribution in [0, 0.1) is 0 Å². The number of hydrogen-bond acceptors (Lipinski definition) is 2. The second-order valence-electron chi connectivity index (χ2n) is 3.14. The largest absolute Gasteiger partial charge is 0.360 e. The molecule has 0 aliphatic carbocycles. The van der Waals surface area contributed by atoms with Crippen molar-refractivity contribution in [1.82, 2.24) is 4.98 Å². The van der Waals surface area contributed by atoms with Gasteiger partial charge in [-0.1, -0.05) is 6.07 Å². The Morgan fingerprint density at radius 3 is 3.07 bits per heavy atom. The van der Waals surface area contributed by atoms with Crippen LogP contribution in [-0.4, -0.2) is 11.6 Å². The Kier molecular flexibility index (Phi) is 2.86. The third-order valence-electron chi connectivity index (χ3n) is 2.20. The van der Waals surface area contributed by atoms with E-state index < -0.39 is 0 Å². The smallest absolute Gasteiger partial charge is 0.0719 e. The van der Waals surface area contributed by atoms with Crippen molar-refractivity contribution in [3.63, 3.8) is 0 Å². The van der Waals surface area contributed by atoms with Gasteiger partial charge in [0.1, 0.15) is 0 Å². The van der Waals surface area contributed by atoms with Crippen LogP contribution in [0.3, 0.4) is 0 Å². The molecule has 3 N–H and O–H groups in total. The van der Waals surface area contributed by atoms with E-state index in [1.54, 1.807) is 0 Å². The van der Waals surface area contributed by atoms with Gasteiger partial charge in [0.15, 0.2) is 0 Å². The van der Waals surface area contributed by atoms with E-state index in [1.807, 2.05) is 6.20 Å². The van der Waals surface area contributed by atoms with Crippen LogP contribution in [0.4, 0.5) is 0 Å². The fourth-order valence-electron chi connectivity index (χ4n) is 1.47. The minimum Gasteiger partial charge on any atom is -0.360 e. The Bertz CT molecular complexity index is 439. The number of aromatic amines is 1. The van der Waals surface area contributed by atoms with Crippen molar-refractivity contribution >= 4 is 26.8 Å². The number of benzene rings is 1. The molecule has 0 unspecified atom stereocenters. The molecule has 4 heteroatoms. The van der Waals surface area contributed by atoms with Crippen molar-refractivity contribution in [1.29, 1.82) is 0 Å². The van der Waals surface area contributed by atoms with Crippen molar-refractivity contribution in [2.75, 3.05) is 6.61 Å². The number of rotatable bonds is 3. The van der Waals surface area contributed by atoms with Gasteiger partial charge in [-0.25, -0.2) is 5.90 Å². The molecular weight excluding hydrogens is 244 g/mol.